The first-order valence-corrected chi connectivity index (χ1v) is 52.1. The molecule has 0 atom stereocenters. The molecule has 0 saturated carbocycles. The lowest BCUT2D eigenvalue weighted by atomic mass is 9.91. The van der Waals surface area contributed by atoms with Gasteiger partial charge in [0.2, 0.25) is 0 Å². The summed E-state index contributed by atoms with van der Waals surface area (Å²) in [5.41, 5.74) is 35.0. The molecule has 30 rings (SSSR count). The third-order valence-corrected chi connectivity index (χ3v) is 32.9. The zero-order chi connectivity index (χ0) is 96.9. The molecule has 0 spiro atoms. The first kappa shape index (κ1) is 86.4. The van der Waals surface area contributed by atoms with E-state index < -0.39 is 0 Å². The smallest absolute Gasteiger partial charge is 0.0971 e. The Morgan fingerprint density at radius 3 is 0.653 bits per heavy atom. The van der Waals surface area contributed by atoms with Crippen LogP contribution in [0.5, 0.6) is 0 Å². The number of hydrogen-bond acceptors (Lipinski definition) is 9. The molecule has 0 aliphatic heterocycles. The highest BCUT2D eigenvalue weighted by atomic mass is 32.1. The van der Waals surface area contributed by atoms with Gasteiger partial charge in [0.05, 0.1) is 33.1 Å². The number of nitrogens with zero attached hydrogens (tertiary/aromatic N) is 6. The van der Waals surface area contributed by atoms with E-state index in [0.29, 0.717) is 0 Å². The Morgan fingerprint density at radius 1 is 0.109 bits per heavy atom. The molecule has 6 heterocycles. The van der Waals surface area contributed by atoms with Gasteiger partial charge in [0.1, 0.15) is 0 Å². The van der Waals surface area contributed by atoms with Crippen molar-refractivity contribution in [3.8, 4) is 134 Å². The molecule has 6 nitrogen and oxygen atoms in total. The molecule has 0 fully saturated rings. The summed E-state index contributed by atoms with van der Waals surface area (Å²) < 4.78 is 7.90. The Hall–Kier alpha value is -18.5. The summed E-state index contributed by atoms with van der Waals surface area (Å²) in [5.74, 6) is 0. The molecule has 0 aliphatic carbocycles. The molecule has 30 aromatic rings. The van der Waals surface area contributed by atoms with E-state index in [1.807, 2.05) is 34.0 Å². The van der Waals surface area contributed by atoms with Gasteiger partial charge in [-0.1, -0.05) is 376 Å². The van der Waals surface area contributed by atoms with Gasteiger partial charge < -0.3 is 0 Å². The van der Waals surface area contributed by atoms with Crippen LogP contribution in [0.15, 0.2) is 510 Å². The second-order valence-corrected chi connectivity index (χ2v) is 40.9. The van der Waals surface area contributed by atoms with Crippen molar-refractivity contribution in [1.29, 1.82) is 0 Å². The molecular formula is C138H84N6S3. The minimum absolute atomic E-state index is 0.937. The fraction of sp³-hybridized carbons (Fsp3) is 0. The fourth-order valence-electron chi connectivity index (χ4n) is 22.2. The van der Waals surface area contributed by atoms with Gasteiger partial charge >= 0.3 is 0 Å². The Morgan fingerprint density at radius 2 is 0.320 bits per heavy atom. The van der Waals surface area contributed by atoms with Crippen molar-refractivity contribution in [1.82, 2.24) is 29.9 Å². The average molecular weight is 1920 g/mol. The molecule has 0 saturated heterocycles. The van der Waals surface area contributed by atoms with Gasteiger partial charge in [-0.05, 0) is 246 Å². The first-order valence-electron chi connectivity index (χ1n) is 49.7. The predicted octanol–water partition coefficient (Wildman–Crippen LogP) is 38.9. The molecular weight excluding hydrogens is 1840 g/mol. The first-order chi connectivity index (χ1) is 72.9. The van der Waals surface area contributed by atoms with E-state index in [1.165, 1.54) is 226 Å². The molecule has 9 heteroatoms. The zero-order valence-electron chi connectivity index (χ0n) is 79.4. The molecule has 0 N–H and O–H groups in total. The van der Waals surface area contributed by atoms with Crippen LogP contribution in [0, 0.1) is 0 Å². The van der Waals surface area contributed by atoms with Gasteiger partial charge in [0.25, 0.3) is 0 Å². The van der Waals surface area contributed by atoms with E-state index in [-0.39, 0.29) is 0 Å². The van der Waals surface area contributed by atoms with Crippen molar-refractivity contribution in [2.75, 3.05) is 0 Å². The van der Waals surface area contributed by atoms with Crippen LogP contribution >= 0.6 is 34.0 Å². The highest BCUT2D eigenvalue weighted by Gasteiger charge is 2.24. The van der Waals surface area contributed by atoms with E-state index in [0.717, 1.165) is 65.4 Å². The number of fused-ring (bicyclic) bond motifs is 27. The fourth-order valence-corrected chi connectivity index (χ4v) is 25.9. The van der Waals surface area contributed by atoms with Crippen LogP contribution < -0.4 is 0 Å². The lowest BCUT2D eigenvalue weighted by molar-refractivity contribution is 1.31. The summed E-state index contributed by atoms with van der Waals surface area (Å²) in [4.78, 5) is 28.4. The summed E-state index contributed by atoms with van der Waals surface area (Å²) in [5, 5.41) is 21.7. The Balaban J connectivity index is 0.000000107. The lowest BCUT2D eigenvalue weighted by Gasteiger charge is -2.12. The quantitative estimate of drug-likeness (QED) is 0.113. The average Bonchev–Trinajstić information content (AvgIpc) is 1.63. The summed E-state index contributed by atoms with van der Waals surface area (Å²) in [6.45, 7) is 0. The second-order valence-electron chi connectivity index (χ2n) is 37.7. The van der Waals surface area contributed by atoms with Crippen molar-refractivity contribution in [3.63, 3.8) is 0 Å². The van der Waals surface area contributed by atoms with Gasteiger partial charge in [0.15, 0.2) is 0 Å². The minimum Gasteiger partial charge on any atom is -0.252 e. The zero-order valence-corrected chi connectivity index (χ0v) is 81.9. The minimum atomic E-state index is 0.937. The molecule has 0 radical (unpaired) electrons. The Labute approximate surface area is 859 Å². The highest BCUT2D eigenvalue weighted by molar-refractivity contribution is 7.27. The van der Waals surface area contributed by atoms with Crippen molar-refractivity contribution in [2.24, 2.45) is 0 Å². The van der Waals surface area contributed by atoms with Gasteiger partial charge in [-0.3, -0.25) is 29.9 Å². The number of hydrogen-bond donors (Lipinski definition) is 0. The molecule has 6 aromatic heterocycles. The van der Waals surface area contributed by atoms with Crippen LogP contribution in [0.4, 0.5) is 0 Å². The maximum absolute atomic E-state index is 4.77. The molecule has 0 aliphatic rings. The van der Waals surface area contributed by atoms with Crippen LogP contribution in [0.1, 0.15) is 0 Å². The number of benzene rings is 24. The van der Waals surface area contributed by atoms with Gasteiger partial charge in [-0.2, -0.15) is 0 Å². The third-order valence-electron chi connectivity index (χ3n) is 29.2. The highest BCUT2D eigenvalue weighted by Crippen LogP contribution is 2.52. The van der Waals surface area contributed by atoms with Gasteiger partial charge in [-0.15, -0.1) is 34.0 Å². The van der Waals surface area contributed by atoms with E-state index in [2.05, 4.69) is 478 Å². The van der Waals surface area contributed by atoms with E-state index in [1.54, 1.807) is 37.2 Å². The molecule has 0 bridgehead atoms. The monoisotopic (exact) mass is 1920 g/mol. The largest absolute Gasteiger partial charge is 0.252 e. The maximum Gasteiger partial charge on any atom is 0.0971 e. The molecule has 0 amide bonds. The summed E-state index contributed by atoms with van der Waals surface area (Å²) in [6, 6.07) is 172. The lowest BCUT2D eigenvalue weighted by Crippen LogP contribution is -1.89. The number of aromatic nitrogens is 6. The van der Waals surface area contributed by atoms with Gasteiger partial charge in [-0.25, -0.2) is 0 Å². The second kappa shape index (κ2) is 36.5. The van der Waals surface area contributed by atoms with Crippen LogP contribution in [-0.4, -0.2) is 29.9 Å². The van der Waals surface area contributed by atoms with Crippen molar-refractivity contribution < 1.29 is 0 Å². The topological polar surface area (TPSA) is 77.3 Å². The van der Waals surface area contributed by atoms with Crippen LogP contribution in [0.3, 0.4) is 0 Å². The normalized spacial score (nSPS) is 11.7. The van der Waals surface area contributed by atoms with Crippen molar-refractivity contribution in [3.05, 3.63) is 510 Å². The molecule has 684 valence electrons. The third kappa shape index (κ3) is 15.5. The SMILES string of the molecule is c1ccc(-c2cc(-c3ccccc3)c3sc4c(-c5ccccc5)cc(-c5cccc(-c6ccc7c(c6)c6ccccc6c6nccnc76)c5)cc4c3c2)cc1.c1ccc(-c2ccc3sc4ccc(-c5cccc(-c6ccc7c(c6)c6ccccc6c6nccnc76)c5)cc4c3c2)cc1.c1ccc(-c2cccc3c2sc2c(-c4ccccc4)cc(-c4cccc(-c5ccc6c(c5)c5ccccc5c5nccnc65)c4)cc23)cc1. The number of rotatable bonds is 12. The van der Waals surface area contributed by atoms with E-state index in [4.69, 9.17) is 24.9 Å². The molecule has 24 aromatic carbocycles. The summed E-state index contributed by atoms with van der Waals surface area (Å²) in [7, 11) is 0. The Kier molecular flexibility index (Phi) is 21.4. The summed E-state index contributed by atoms with van der Waals surface area (Å²) >= 11 is 5.67. The Bertz CT molecular complexity index is 10400. The number of thiophene rings is 3. The van der Waals surface area contributed by atoms with E-state index in [9.17, 15) is 0 Å². The van der Waals surface area contributed by atoms with Crippen molar-refractivity contribution in [2.45, 2.75) is 0 Å². The van der Waals surface area contributed by atoms with Crippen LogP contribution in [0.25, 0.3) is 292 Å². The molecule has 147 heavy (non-hydrogen) atoms. The van der Waals surface area contributed by atoms with Crippen LogP contribution in [-0.2, 0) is 0 Å². The molecule has 0 unspecified atom stereocenters. The van der Waals surface area contributed by atoms with Gasteiger partial charge in [0, 0.05) is 147 Å². The predicted molar refractivity (Wildman–Crippen MR) is 628 cm³/mol. The van der Waals surface area contributed by atoms with E-state index >= 15 is 0 Å². The van der Waals surface area contributed by atoms with Crippen molar-refractivity contribution >= 4 is 192 Å². The standard InChI is InChI=1S/C52H32N2S.C46H28N2S.C40H24N2S/c1-4-13-33(14-5-1)39-29-44(34-15-6-2-7-16-34)51-47(31-39)48-32-40(30-45(52(48)55-51)35-17-8-3-9-18-35)37-20-12-19-36(27-37)38-23-24-43-46(28-38)41-21-10-11-22-42(41)49-50(43)54-26-25-53-49;1-3-11-29(12-4-1)35-19-10-20-39-42-28-34(27-40(46(42)49-45(35)39)30-13-5-2-6-14-30)32-16-9-15-31(25-32)33-21-22-38-41(26-33)36-17-7-8-18-37(36)43-44(38)48-24-23-47-43;1-2-7-25(8-3-1)28-14-17-37-35(23-28)36-24-30(15-18-38(36)43-37)27-10-6-9-26(21-27)29-13-16-33-34(22-29)31-11-4-5-12-32(31)39-40(33)42-20-19-41-39/h1-32H;1-28H;1-24H. The van der Waals surface area contributed by atoms with Crippen LogP contribution in [0.2, 0.25) is 0 Å². The maximum atomic E-state index is 4.77. The summed E-state index contributed by atoms with van der Waals surface area (Å²) in [6.07, 6.45) is 10.7.